The van der Waals surface area contributed by atoms with Gasteiger partial charge in [-0.1, -0.05) is 0 Å². The Bertz CT molecular complexity index is 496. The Labute approximate surface area is 125 Å². The smallest absolute Gasteiger partial charge is 0.494 e. The van der Waals surface area contributed by atoms with Crippen LogP contribution in [0.3, 0.4) is 0 Å². The number of methoxy groups -OCH3 is 1. The Morgan fingerprint density at radius 1 is 1.05 bits per heavy atom. The van der Waals surface area contributed by atoms with Gasteiger partial charge in [0.2, 0.25) is 5.78 Å². The lowest BCUT2D eigenvalue weighted by Crippen LogP contribution is -2.17. The Hall–Kier alpha value is -2.25. The molecule has 0 heterocycles. The van der Waals surface area contributed by atoms with Crippen LogP contribution < -0.4 is 9.47 Å². The molecule has 1 aromatic rings. The molecule has 22 heavy (non-hydrogen) atoms. The predicted molar refractivity (Wildman–Crippen MR) is 69.5 cm³/mol. The molecule has 0 unspecified atom stereocenters. The molecule has 0 atom stereocenters. The van der Waals surface area contributed by atoms with Crippen molar-refractivity contribution in [2.24, 2.45) is 0 Å². The van der Waals surface area contributed by atoms with Crippen molar-refractivity contribution in [2.75, 3.05) is 13.7 Å². The number of unbranched alkanes of at least 4 members (excludes halogenated alkanes) is 1. The number of ether oxygens (including phenoxy) is 3. The third kappa shape index (κ3) is 6.96. The summed E-state index contributed by atoms with van der Waals surface area (Å²) in [5.41, 5.74) is 0. The molecule has 0 bridgehead atoms. The molecule has 8 heteroatoms. The topological polar surface area (TPSA) is 61.8 Å². The summed E-state index contributed by atoms with van der Waals surface area (Å²) < 4.78 is 49.2. The zero-order valence-electron chi connectivity index (χ0n) is 11.8. The summed E-state index contributed by atoms with van der Waals surface area (Å²) in [6.45, 7) is 0.272. The molecule has 0 amide bonds. The van der Waals surface area contributed by atoms with Gasteiger partial charge in [0, 0.05) is 6.42 Å². The van der Waals surface area contributed by atoms with E-state index in [0.717, 1.165) is 19.2 Å². The molecule has 0 saturated carbocycles. The first kappa shape index (κ1) is 17.8. The summed E-state index contributed by atoms with van der Waals surface area (Å²) in [5, 5.41) is 0. The molecule has 0 radical (unpaired) electrons. The number of halogens is 3. The fraction of sp³-hybridized carbons (Fsp3) is 0.429. The van der Waals surface area contributed by atoms with Crippen molar-refractivity contribution in [3.8, 4) is 11.5 Å². The van der Waals surface area contributed by atoms with Crippen molar-refractivity contribution >= 4 is 11.8 Å². The summed E-state index contributed by atoms with van der Waals surface area (Å²) in [5.74, 6) is -1.42. The van der Waals surface area contributed by atoms with Gasteiger partial charge >= 0.3 is 12.3 Å². The molecular weight excluding hydrogens is 305 g/mol. The molecule has 0 fully saturated rings. The molecule has 1 rings (SSSR count). The summed E-state index contributed by atoms with van der Waals surface area (Å²) in [6.07, 6.45) is -3.70. The number of Topliss-reactive ketones (excluding diaryl/α,β-unsaturated/α-hetero) is 1. The van der Waals surface area contributed by atoms with Crippen molar-refractivity contribution in [3.05, 3.63) is 24.3 Å². The maximum absolute atomic E-state index is 12.0. The zero-order valence-corrected chi connectivity index (χ0v) is 11.8. The molecule has 0 spiro atoms. The molecule has 0 aliphatic carbocycles. The number of esters is 1. The average molecular weight is 320 g/mol. The van der Waals surface area contributed by atoms with E-state index in [1.807, 2.05) is 0 Å². The summed E-state index contributed by atoms with van der Waals surface area (Å²) >= 11 is 0. The van der Waals surface area contributed by atoms with E-state index >= 15 is 0 Å². The molecule has 0 aliphatic rings. The highest BCUT2D eigenvalue weighted by molar-refractivity contribution is 6.33. The lowest BCUT2D eigenvalue weighted by Gasteiger charge is -2.10. The molecule has 122 valence electrons. The van der Waals surface area contributed by atoms with E-state index in [4.69, 9.17) is 4.74 Å². The Balaban J connectivity index is 2.25. The summed E-state index contributed by atoms with van der Waals surface area (Å²) in [6, 6.07) is 4.98. The highest BCUT2D eigenvalue weighted by Crippen LogP contribution is 2.24. The van der Waals surface area contributed by atoms with Crippen molar-refractivity contribution in [1.82, 2.24) is 0 Å². The minimum atomic E-state index is -4.73. The van der Waals surface area contributed by atoms with Gasteiger partial charge in [0.25, 0.3) is 0 Å². The second-order valence-corrected chi connectivity index (χ2v) is 4.24. The van der Waals surface area contributed by atoms with Crippen LogP contribution in [-0.2, 0) is 14.3 Å². The number of alkyl halides is 3. The van der Waals surface area contributed by atoms with Gasteiger partial charge in [-0.15, -0.1) is 13.2 Å². The SMILES string of the molecule is COC(=O)C(=O)CCCCOc1ccc(OC(F)(F)F)cc1. The third-order valence-corrected chi connectivity index (χ3v) is 2.54. The highest BCUT2D eigenvalue weighted by atomic mass is 19.4. The van der Waals surface area contributed by atoms with Gasteiger partial charge in [0.15, 0.2) is 0 Å². The first-order chi connectivity index (χ1) is 10.3. The van der Waals surface area contributed by atoms with Gasteiger partial charge in [0.05, 0.1) is 13.7 Å². The van der Waals surface area contributed by atoms with Crippen LogP contribution in [0, 0.1) is 0 Å². The second kappa shape index (κ2) is 8.26. The van der Waals surface area contributed by atoms with Gasteiger partial charge in [-0.05, 0) is 37.1 Å². The van der Waals surface area contributed by atoms with Crippen LogP contribution in [0.15, 0.2) is 24.3 Å². The molecule has 0 aliphatic heterocycles. The van der Waals surface area contributed by atoms with E-state index in [-0.39, 0.29) is 18.8 Å². The molecule has 1 aromatic carbocycles. The molecule has 5 nitrogen and oxygen atoms in total. The van der Waals surface area contributed by atoms with Gasteiger partial charge in [-0.3, -0.25) is 4.79 Å². The van der Waals surface area contributed by atoms with Crippen LogP contribution in [0.5, 0.6) is 11.5 Å². The molecule has 0 saturated heterocycles. The van der Waals surface area contributed by atoms with Crippen LogP contribution in [0.25, 0.3) is 0 Å². The second-order valence-electron chi connectivity index (χ2n) is 4.24. The molecular formula is C14H15F3O5. The van der Waals surface area contributed by atoms with E-state index in [1.165, 1.54) is 12.1 Å². The van der Waals surface area contributed by atoms with Crippen LogP contribution in [0.2, 0.25) is 0 Å². The quantitative estimate of drug-likeness (QED) is 0.419. The Kier molecular flexibility index (Phi) is 6.68. The van der Waals surface area contributed by atoms with Gasteiger partial charge in [0.1, 0.15) is 11.5 Å². The fourth-order valence-corrected chi connectivity index (χ4v) is 1.53. The van der Waals surface area contributed by atoms with E-state index in [9.17, 15) is 22.8 Å². The standard InChI is InChI=1S/C14H15F3O5/c1-20-13(19)12(18)4-2-3-9-21-10-5-7-11(8-6-10)22-14(15,16)17/h5-8H,2-4,9H2,1H3. The van der Waals surface area contributed by atoms with Crippen LogP contribution in [-0.4, -0.2) is 31.8 Å². The van der Waals surface area contributed by atoms with Gasteiger partial charge in [-0.25, -0.2) is 4.79 Å². The van der Waals surface area contributed by atoms with E-state index in [1.54, 1.807) is 0 Å². The fourth-order valence-electron chi connectivity index (χ4n) is 1.53. The normalized spacial score (nSPS) is 10.9. The minimum absolute atomic E-state index is 0.0639. The maximum Gasteiger partial charge on any atom is 0.573 e. The number of hydrogen-bond acceptors (Lipinski definition) is 5. The van der Waals surface area contributed by atoms with E-state index < -0.39 is 18.1 Å². The van der Waals surface area contributed by atoms with Crippen LogP contribution >= 0.6 is 0 Å². The van der Waals surface area contributed by atoms with Crippen LogP contribution in [0.1, 0.15) is 19.3 Å². The minimum Gasteiger partial charge on any atom is -0.494 e. The van der Waals surface area contributed by atoms with Crippen molar-refractivity contribution in [2.45, 2.75) is 25.6 Å². The first-order valence-corrected chi connectivity index (χ1v) is 6.41. The van der Waals surface area contributed by atoms with Gasteiger partial charge < -0.3 is 14.2 Å². The highest BCUT2D eigenvalue weighted by Gasteiger charge is 2.30. The van der Waals surface area contributed by atoms with E-state index in [2.05, 4.69) is 9.47 Å². The first-order valence-electron chi connectivity index (χ1n) is 6.41. The van der Waals surface area contributed by atoms with E-state index in [0.29, 0.717) is 18.6 Å². The lowest BCUT2D eigenvalue weighted by molar-refractivity contribution is -0.274. The average Bonchev–Trinajstić information content (AvgIpc) is 2.46. The van der Waals surface area contributed by atoms with Crippen molar-refractivity contribution in [3.63, 3.8) is 0 Å². The van der Waals surface area contributed by atoms with Crippen LogP contribution in [0.4, 0.5) is 13.2 Å². The van der Waals surface area contributed by atoms with Gasteiger partial charge in [-0.2, -0.15) is 0 Å². The Morgan fingerprint density at radius 3 is 2.18 bits per heavy atom. The number of carbonyl (C=O) groups excluding carboxylic acids is 2. The zero-order chi connectivity index (χ0) is 16.6. The number of hydrogen-bond donors (Lipinski definition) is 0. The largest absolute Gasteiger partial charge is 0.573 e. The van der Waals surface area contributed by atoms with Crippen molar-refractivity contribution in [1.29, 1.82) is 0 Å². The Morgan fingerprint density at radius 2 is 1.64 bits per heavy atom. The summed E-state index contributed by atoms with van der Waals surface area (Å²) in [7, 11) is 1.13. The van der Waals surface area contributed by atoms with Crippen molar-refractivity contribution < 1.29 is 37.0 Å². The number of rotatable bonds is 8. The third-order valence-electron chi connectivity index (χ3n) is 2.54. The lowest BCUT2D eigenvalue weighted by atomic mass is 10.2. The summed E-state index contributed by atoms with van der Waals surface area (Å²) in [4.78, 5) is 22.0. The molecule has 0 aromatic heterocycles. The number of benzene rings is 1. The number of carbonyl (C=O) groups is 2. The predicted octanol–water partition coefficient (Wildman–Crippen LogP) is 2.88. The maximum atomic E-state index is 12.0. The number of ketones is 1. The molecule has 0 N–H and O–H groups in total. The monoisotopic (exact) mass is 320 g/mol.